The molecule has 0 saturated heterocycles. The zero-order valence-electron chi connectivity index (χ0n) is 12.3. The van der Waals surface area contributed by atoms with Crippen LogP contribution in [0.4, 0.5) is 5.82 Å². The number of fused-ring (bicyclic) bond motifs is 1. The number of carbonyl (C=O) groups excluding carboxylic acids is 2. The van der Waals surface area contributed by atoms with Gasteiger partial charge in [0.1, 0.15) is 17.3 Å². The number of anilines is 1. The Morgan fingerprint density at radius 2 is 1.96 bits per heavy atom. The number of hydrogen-bond donors (Lipinski definition) is 3. The van der Waals surface area contributed by atoms with Gasteiger partial charge in [-0.1, -0.05) is 6.07 Å². The molecule has 2 amide bonds. The first kappa shape index (κ1) is 15.3. The quantitative estimate of drug-likeness (QED) is 0.674. The molecule has 122 valence electrons. The third kappa shape index (κ3) is 2.02. The minimum absolute atomic E-state index is 0.0772. The number of carboxylic acid groups (broad SMARTS) is 1. The lowest BCUT2D eigenvalue weighted by Gasteiger charge is -2.17. The minimum Gasteiger partial charge on any atom is -0.495 e. The number of nitrogens with two attached hydrogens (primary N) is 1. The van der Waals surface area contributed by atoms with E-state index in [1.165, 1.54) is 25.3 Å². The van der Waals surface area contributed by atoms with Crippen molar-refractivity contribution in [1.82, 2.24) is 9.88 Å². The molecule has 0 bridgehead atoms. The highest BCUT2D eigenvalue weighted by molar-refractivity contribution is 6.23. The van der Waals surface area contributed by atoms with Gasteiger partial charge in [-0.15, -0.1) is 0 Å². The number of aromatic carboxylic acids is 1. The van der Waals surface area contributed by atoms with Gasteiger partial charge in [-0.2, -0.15) is 0 Å². The Morgan fingerprint density at radius 1 is 1.25 bits per heavy atom. The van der Waals surface area contributed by atoms with Gasteiger partial charge in [-0.3, -0.25) is 24.3 Å². The van der Waals surface area contributed by atoms with Crippen LogP contribution in [-0.2, 0) is 0 Å². The molecule has 0 aliphatic carbocycles. The molecule has 24 heavy (non-hydrogen) atoms. The van der Waals surface area contributed by atoms with Crippen molar-refractivity contribution in [3.05, 3.63) is 51.3 Å². The van der Waals surface area contributed by atoms with Gasteiger partial charge >= 0.3 is 5.97 Å². The van der Waals surface area contributed by atoms with Crippen LogP contribution in [0.25, 0.3) is 5.69 Å². The number of pyridine rings is 1. The van der Waals surface area contributed by atoms with E-state index in [0.717, 1.165) is 10.6 Å². The third-order valence-corrected chi connectivity index (χ3v) is 3.63. The molecule has 3 rings (SSSR count). The molecule has 9 nitrogen and oxygen atoms in total. The lowest BCUT2D eigenvalue weighted by atomic mass is 10.1. The summed E-state index contributed by atoms with van der Waals surface area (Å²) in [6, 6.07) is 5.09. The predicted octanol–water partition coefficient (Wildman–Crippen LogP) is 0.0101. The van der Waals surface area contributed by atoms with Crippen LogP contribution in [0.5, 0.6) is 5.75 Å². The number of para-hydroxylation sites is 1. The van der Waals surface area contributed by atoms with E-state index in [4.69, 9.17) is 10.5 Å². The number of rotatable bonds is 3. The molecule has 0 saturated carbocycles. The predicted molar refractivity (Wildman–Crippen MR) is 81.8 cm³/mol. The van der Waals surface area contributed by atoms with Gasteiger partial charge in [0.2, 0.25) is 0 Å². The van der Waals surface area contributed by atoms with Gasteiger partial charge in [0, 0.05) is 6.07 Å². The molecule has 4 N–H and O–H groups in total. The highest BCUT2D eigenvalue weighted by atomic mass is 16.5. The van der Waals surface area contributed by atoms with Crippen LogP contribution in [0.3, 0.4) is 0 Å². The Kier molecular flexibility index (Phi) is 3.33. The van der Waals surface area contributed by atoms with E-state index in [1.54, 1.807) is 0 Å². The average Bonchev–Trinajstić information content (AvgIpc) is 2.81. The fraction of sp³-hybridized carbons (Fsp3) is 0.0667. The Balaban J connectivity index is 2.44. The average molecular weight is 329 g/mol. The standard InChI is InChI=1S/C15H11N3O6/c1-24-8-4-2-3-6(15(22)23)11(8)18-9(19)5-7-10(12(18)16)14(21)17-13(7)20/h2-5H,16H2,1H3,(H,22,23)(H,17,20,21). The maximum Gasteiger partial charge on any atom is 0.337 e. The van der Waals surface area contributed by atoms with Crippen molar-refractivity contribution in [1.29, 1.82) is 0 Å². The fourth-order valence-electron chi connectivity index (χ4n) is 2.60. The van der Waals surface area contributed by atoms with E-state index >= 15 is 0 Å². The number of nitrogen functional groups attached to an aromatic ring is 1. The van der Waals surface area contributed by atoms with E-state index in [2.05, 4.69) is 0 Å². The molecule has 2 heterocycles. The second-order valence-electron chi connectivity index (χ2n) is 4.94. The van der Waals surface area contributed by atoms with Crippen molar-refractivity contribution < 1.29 is 24.2 Å². The van der Waals surface area contributed by atoms with E-state index in [-0.39, 0.29) is 33.9 Å². The van der Waals surface area contributed by atoms with E-state index in [1.807, 2.05) is 5.32 Å². The van der Waals surface area contributed by atoms with Crippen LogP contribution in [-0.4, -0.2) is 34.6 Å². The minimum atomic E-state index is -1.31. The number of nitrogens with zero attached hydrogens (tertiary/aromatic N) is 1. The SMILES string of the molecule is COc1cccc(C(=O)O)c1-n1c(N)c2c(cc1=O)C(=O)NC2=O. The lowest BCUT2D eigenvalue weighted by molar-refractivity contribution is 0.0695. The highest BCUT2D eigenvalue weighted by Gasteiger charge is 2.33. The monoisotopic (exact) mass is 329 g/mol. The van der Waals surface area contributed by atoms with Gasteiger partial charge in [0.05, 0.1) is 23.8 Å². The van der Waals surface area contributed by atoms with Crippen LogP contribution in [0.15, 0.2) is 29.1 Å². The first-order valence-corrected chi connectivity index (χ1v) is 6.68. The molecule has 1 aliphatic rings. The first-order valence-electron chi connectivity index (χ1n) is 6.68. The van der Waals surface area contributed by atoms with Gasteiger partial charge in [0.25, 0.3) is 17.4 Å². The summed E-state index contributed by atoms with van der Waals surface area (Å²) in [6.07, 6.45) is 0. The fourth-order valence-corrected chi connectivity index (χ4v) is 2.60. The molecule has 0 radical (unpaired) electrons. The number of amides is 2. The zero-order valence-corrected chi connectivity index (χ0v) is 12.3. The number of carbonyl (C=O) groups is 3. The lowest BCUT2D eigenvalue weighted by Crippen LogP contribution is -2.26. The number of benzene rings is 1. The summed E-state index contributed by atoms with van der Waals surface area (Å²) in [5.41, 5.74) is 4.46. The van der Waals surface area contributed by atoms with Gasteiger partial charge < -0.3 is 15.6 Å². The topological polar surface area (TPSA) is 141 Å². The zero-order chi connectivity index (χ0) is 17.6. The second-order valence-corrected chi connectivity index (χ2v) is 4.94. The van der Waals surface area contributed by atoms with Crippen molar-refractivity contribution in [2.75, 3.05) is 12.8 Å². The molecule has 9 heteroatoms. The Morgan fingerprint density at radius 3 is 2.58 bits per heavy atom. The van der Waals surface area contributed by atoms with Crippen LogP contribution < -0.4 is 21.3 Å². The molecular formula is C15H11N3O6. The summed E-state index contributed by atoms with van der Waals surface area (Å²) in [4.78, 5) is 47.5. The number of hydrogen-bond acceptors (Lipinski definition) is 6. The van der Waals surface area contributed by atoms with Crippen molar-refractivity contribution >= 4 is 23.6 Å². The Hall–Kier alpha value is -3.62. The molecule has 1 aromatic carbocycles. The van der Waals surface area contributed by atoms with Crippen LogP contribution >= 0.6 is 0 Å². The van der Waals surface area contributed by atoms with Crippen LogP contribution in [0.2, 0.25) is 0 Å². The smallest absolute Gasteiger partial charge is 0.337 e. The molecule has 2 aromatic rings. The van der Waals surface area contributed by atoms with Crippen molar-refractivity contribution in [2.24, 2.45) is 0 Å². The summed E-state index contributed by atoms with van der Waals surface area (Å²) >= 11 is 0. The molecule has 0 unspecified atom stereocenters. The number of methoxy groups -OCH3 is 1. The van der Waals surface area contributed by atoms with Crippen molar-refractivity contribution in [3.63, 3.8) is 0 Å². The normalized spacial score (nSPS) is 12.7. The molecule has 0 fully saturated rings. The summed E-state index contributed by atoms with van der Waals surface area (Å²) in [5.74, 6) is -3.06. The molecular weight excluding hydrogens is 318 g/mol. The molecule has 1 aliphatic heterocycles. The summed E-state index contributed by atoms with van der Waals surface area (Å²) < 4.78 is 5.97. The maximum atomic E-state index is 12.4. The van der Waals surface area contributed by atoms with Crippen LogP contribution in [0, 0.1) is 0 Å². The van der Waals surface area contributed by atoms with Gasteiger partial charge in [0.15, 0.2) is 0 Å². The molecule has 0 spiro atoms. The first-order chi connectivity index (χ1) is 11.4. The number of carboxylic acids is 1. The van der Waals surface area contributed by atoms with E-state index < -0.39 is 23.3 Å². The number of nitrogens with one attached hydrogen (secondary N) is 1. The molecule has 0 atom stereocenters. The maximum absolute atomic E-state index is 12.4. The van der Waals surface area contributed by atoms with E-state index in [9.17, 15) is 24.3 Å². The number of aromatic nitrogens is 1. The third-order valence-electron chi connectivity index (χ3n) is 3.63. The number of ether oxygens (including phenoxy) is 1. The summed E-state index contributed by atoms with van der Waals surface area (Å²) in [6.45, 7) is 0. The van der Waals surface area contributed by atoms with E-state index in [0.29, 0.717) is 0 Å². The largest absolute Gasteiger partial charge is 0.495 e. The van der Waals surface area contributed by atoms with Crippen molar-refractivity contribution in [3.8, 4) is 11.4 Å². The van der Waals surface area contributed by atoms with Gasteiger partial charge in [-0.25, -0.2) is 4.79 Å². The van der Waals surface area contributed by atoms with Crippen LogP contribution in [0.1, 0.15) is 31.1 Å². The second kappa shape index (κ2) is 5.23. The van der Waals surface area contributed by atoms with Gasteiger partial charge in [-0.05, 0) is 12.1 Å². The molecule has 1 aromatic heterocycles. The number of imide groups is 1. The Labute approximate surface area is 134 Å². The van der Waals surface area contributed by atoms with Crippen molar-refractivity contribution in [2.45, 2.75) is 0 Å². The Bertz CT molecular complexity index is 976. The highest BCUT2D eigenvalue weighted by Crippen LogP contribution is 2.30. The summed E-state index contributed by atoms with van der Waals surface area (Å²) in [7, 11) is 1.30. The summed E-state index contributed by atoms with van der Waals surface area (Å²) in [5, 5.41) is 11.4.